The third kappa shape index (κ3) is 4.51. The summed E-state index contributed by atoms with van der Waals surface area (Å²) >= 11 is 0. The molecule has 1 aromatic carbocycles. The molecule has 2 aliphatic rings. The van der Waals surface area contributed by atoms with E-state index in [0.717, 1.165) is 30.6 Å². The second-order valence-electron chi connectivity index (χ2n) is 8.17. The monoisotopic (exact) mass is 438 g/mol. The Balaban J connectivity index is 1.40. The van der Waals surface area contributed by atoms with Crippen LogP contribution in [0.5, 0.6) is 0 Å². The molecule has 1 saturated carbocycles. The third-order valence-electron chi connectivity index (χ3n) is 5.95. The van der Waals surface area contributed by atoms with Crippen LogP contribution >= 0.6 is 0 Å². The number of nitrogens with zero attached hydrogens (tertiary/aromatic N) is 1. The van der Waals surface area contributed by atoms with Crippen LogP contribution in [-0.4, -0.2) is 40.7 Å². The van der Waals surface area contributed by atoms with E-state index < -0.39 is 24.0 Å². The van der Waals surface area contributed by atoms with Crippen LogP contribution in [0.25, 0.3) is 0 Å². The fourth-order valence-electron chi connectivity index (χ4n) is 4.29. The van der Waals surface area contributed by atoms with Crippen LogP contribution in [0.2, 0.25) is 0 Å². The van der Waals surface area contributed by atoms with Gasteiger partial charge in [0.05, 0.1) is 24.1 Å². The number of hydrogen-bond donors (Lipinski definition) is 3. The van der Waals surface area contributed by atoms with E-state index in [4.69, 9.17) is 4.42 Å². The zero-order chi connectivity index (χ0) is 22.6. The molecule has 0 unspecified atom stereocenters. The van der Waals surface area contributed by atoms with Gasteiger partial charge in [-0.2, -0.15) is 0 Å². The molecule has 2 aromatic rings. The number of para-hydroxylation sites is 1. The normalized spacial score (nSPS) is 17.7. The Kier molecular flexibility index (Phi) is 6.25. The second kappa shape index (κ2) is 9.25. The molecule has 0 atom stereocenters. The lowest BCUT2D eigenvalue weighted by atomic mass is 9.90. The van der Waals surface area contributed by atoms with Gasteiger partial charge in [0.15, 0.2) is 0 Å². The summed E-state index contributed by atoms with van der Waals surface area (Å²) in [7, 11) is 0. The number of amides is 5. The Morgan fingerprint density at radius 2 is 1.78 bits per heavy atom. The first-order chi connectivity index (χ1) is 15.5. The summed E-state index contributed by atoms with van der Waals surface area (Å²) in [5, 5.41) is 8.22. The Hall–Kier alpha value is -3.62. The van der Waals surface area contributed by atoms with Gasteiger partial charge in [-0.05, 0) is 37.1 Å². The summed E-state index contributed by atoms with van der Waals surface area (Å²) in [6, 6.07) is 9.48. The van der Waals surface area contributed by atoms with Crippen molar-refractivity contribution in [3.8, 4) is 0 Å². The number of benzene rings is 1. The third-order valence-corrected chi connectivity index (χ3v) is 5.95. The van der Waals surface area contributed by atoms with Gasteiger partial charge < -0.3 is 20.4 Å². The molecule has 1 aromatic heterocycles. The highest BCUT2D eigenvalue weighted by Crippen LogP contribution is 2.32. The number of hydrogen-bond acceptors (Lipinski definition) is 5. The van der Waals surface area contributed by atoms with Gasteiger partial charge in [-0.25, -0.2) is 4.79 Å². The molecule has 0 bridgehead atoms. The van der Waals surface area contributed by atoms with Crippen molar-refractivity contribution in [2.24, 2.45) is 0 Å². The molecule has 1 saturated heterocycles. The van der Waals surface area contributed by atoms with E-state index >= 15 is 0 Å². The molecule has 4 rings (SSSR count). The van der Waals surface area contributed by atoms with Crippen molar-refractivity contribution in [1.82, 2.24) is 15.5 Å². The molecule has 3 N–H and O–H groups in total. The molecule has 1 spiro atoms. The first-order valence-corrected chi connectivity index (χ1v) is 10.8. The summed E-state index contributed by atoms with van der Waals surface area (Å²) in [5.74, 6) is -0.676. The van der Waals surface area contributed by atoms with Crippen LogP contribution in [-0.2, 0) is 16.1 Å². The summed E-state index contributed by atoms with van der Waals surface area (Å²) in [5.41, 5.74) is -0.326. The van der Waals surface area contributed by atoms with Crippen molar-refractivity contribution in [3.05, 3.63) is 54.0 Å². The minimum atomic E-state index is -0.891. The van der Waals surface area contributed by atoms with Crippen LogP contribution in [0.4, 0.5) is 10.5 Å². The highest BCUT2D eigenvalue weighted by atomic mass is 16.3. The number of rotatable bonds is 6. The Morgan fingerprint density at radius 3 is 2.50 bits per heavy atom. The number of carbonyl (C=O) groups is 4. The lowest BCUT2D eigenvalue weighted by molar-refractivity contribution is -0.134. The van der Waals surface area contributed by atoms with E-state index in [2.05, 4.69) is 16.0 Å². The van der Waals surface area contributed by atoms with Crippen LogP contribution in [0, 0.1) is 0 Å². The smallest absolute Gasteiger partial charge is 0.325 e. The minimum absolute atomic E-state index is 0.207. The SMILES string of the molecule is O=C(CN1C(=O)NC2(CCCCCC2)C1=O)Nc1ccccc1C(=O)NCc1ccco1. The minimum Gasteiger partial charge on any atom is -0.467 e. The molecule has 32 heavy (non-hydrogen) atoms. The molecule has 1 aliphatic heterocycles. The van der Waals surface area contributed by atoms with Gasteiger partial charge in [-0.1, -0.05) is 37.8 Å². The molecule has 1 aliphatic carbocycles. The second-order valence-corrected chi connectivity index (χ2v) is 8.17. The van der Waals surface area contributed by atoms with Crippen molar-refractivity contribution in [3.63, 3.8) is 0 Å². The number of nitrogens with one attached hydrogen (secondary N) is 3. The van der Waals surface area contributed by atoms with Gasteiger partial charge in [0.1, 0.15) is 17.8 Å². The summed E-state index contributed by atoms with van der Waals surface area (Å²) in [6.45, 7) is -0.201. The highest BCUT2D eigenvalue weighted by Gasteiger charge is 2.51. The summed E-state index contributed by atoms with van der Waals surface area (Å²) < 4.78 is 5.20. The Bertz CT molecular complexity index is 1010. The van der Waals surface area contributed by atoms with E-state index in [1.54, 1.807) is 36.4 Å². The van der Waals surface area contributed by atoms with E-state index in [1.165, 1.54) is 6.26 Å². The molecule has 2 heterocycles. The molecule has 2 fully saturated rings. The van der Waals surface area contributed by atoms with Crippen molar-refractivity contribution in [1.29, 1.82) is 0 Å². The van der Waals surface area contributed by atoms with Gasteiger partial charge in [0.2, 0.25) is 5.91 Å². The van der Waals surface area contributed by atoms with Gasteiger partial charge in [-0.15, -0.1) is 0 Å². The summed E-state index contributed by atoms with van der Waals surface area (Å²) in [6.07, 6.45) is 6.50. The number of furan rings is 1. The molecule has 0 radical (unpaired) electrons. The van der Waals surface area contributed by atoms with Crippen molar-refractivity contribution in [2.75, 3.05) is 11.9 Å². The number of carbonyl (C=O) groups excluding carboxylic acids is 4. The molecule has 168 valence electrons. The van der Waals surface area contributed by atoms with Crippen molar-refractivity contribution in [2.45, 2.75) is 50.6 Å². The van der Waals surface area contributed by atoms with E-state index in [9.17, 15) is 19.2 Å². The maximum atomic E-state index is 13.0. The van der Waals surface area contributed by atoms with E-state index in [-0.39, 0.29) is 23.9 Å². The lowest BCUT2D eigenvalue weighted by Crippen LogP contribution is -2.47. The first kappa shape index (κ1) is 21.6. The maximum Gasteiger partial charge on any atom is 0.325 e. The first-order valence-electron chi connectivity index (χ1n) is 10.8. The van der Waals surface area contributed by atoms with Gasteiger partial charge in [0.25, 0.3) is 11.8 Å². The van der Waals surface area contributed by atoms with Crippen LogP contribution in [0.3, 0.4) is 0 Å². The van der Waals surface area contributed by atoms with Gasteiger partial charge in [0, 0.05) is 0 Å². The molecular formula is C23H26N4O5. The van der Waals surface area contributed by atoms with Crippen LogP contribution in [0.1, 0.15) is 54.6 Å². The predicted octanol–water partition coefficient (Wildman–Crippen LogP) is 2.79. The van der Waals surface area contributed by atoms with E-state index in [0.29, 0.717) is 24.3 Å². The average Bonchev–Trinajstić information content (AvgIpc) is 3.29. The quantitative estimate of drug-likeness (QED) is 0.599. The Morgan fingerprint density at radius 1 is 1.03 bits per heavy atom. The molecule has 9 heteroatoms. The predicted molar refractivity (Wildman–Crippen MR) is 116 cm³/mol. The Labute approximate surface area is 185 Å². The fourth-order valence-corrected chi connectivity index (χ4v) is 4.29. The summed E-state index contributed by atoms with van der Waals surface area (Å²) in [4.78, 5) is 51.7. The van der Waals surface area contributed by atoms with Crippen LogP contribution < -0.4 is 16.0 Å². The topological polar surface area (TPSA) is 121 Å². The van der Waals surface area contributed by atoms with Crippen molar-refractivity contribution < 1.29 is 23.6 Å². The largest absolute Gasteiger partial charge is 0.467 e. The van der Waals surface area contributed by atoms with Gasteiger partial charge >= 0.3 is 6.03 Å². The fraction of sp³-hybridized carbons (Fsp3) is 0.391. The standard InChI is InChI=1S/C23H26N4O5/c28-19(15-27-21(30)23(26-22(27)31)11-5-1-2-6-12-23)25-18-10-4-3-9-17(18)20(29)24-14-16-8-7-13-32-16/h3-4,7-10,13H,1-2,5-6,11-12,14-15H2,(H,24,29)(H,25,28)(H,26,31). The highest BCUT2D eigenvalue weighted by molar-refractivity contribution is 6.11. The lowest BCUT2D eigenvalue weighted by Gasteiger charge is -2.24. The molecule has 5 amide bonds. The zero-order valence-corrected chi connectivity index (χ0v) is 17.7. The van der Waals surface area contributed by atoms with Gasteiger partial charge in [-0.3, -0.25) is 19.3 Å². The average molecular weight is 438 g/mol. The number of imide groups is 1. The van der Waals surface area contributed by atoms with Crippen molar-refractivity contribution >= 4 is 29.4 Å². The zero-order valence-electron chi connectivity index (χ0n) is 17.7. The number of anilines is 1. The van der Waals surface area contributed by atoms with Crippen LogP contribution in [0.15, 0.2) is 47.1 Å². The molecule has 9 nitrogen and oxygen atoms in total. The van der Waals surface area contributed by atoms with E-state index in [1.807, 2.05) is 0 Å². The molecular weight excluding hydrogens is 412 g/mol. The maximum absolute atomic E-state index is 13.0. The number of urea groups is 1.